The van der Waals surface area contributed by atoms with E-state index in [0.717, 1.165) is 5.76 Å². The van der Waals surface area contributed by atoms with Gasteiger partial charge in [0.25, 0.3) is 0 Å². The van der Waals surface area contributed by atoms with Gasteiger partial charge >= 0.3 is 5.97 Å². The quantitative estimate of drug-likeness (QED) is 0.632. The molecular weight excluding hydrogens is 250 g/mol. The largest absolute Gasteiger partial charge is 0.481 e. The summed E-state index contributed by atoms with van der Waals surface area (Å²) in [7, 11) is 3.72. The Balaban J connectivity index is 2.53. The summed E-state index contributed by atoms with van der Waals surface area (Å²) in [5, 5.41) is 11.2. The van der Waals surface area contributed by atoms with E-state index in [0.29, 0.717) is 6.54 Å². The first kappa shape index (κ1) is 15.2. The summed E-state index contributed by atoms with van der Waals surface area (Å²) in [6, 6.07) is 2.41. The third kappa shape index (κ3) is 4.72. The second-order valence-electron chi connectivity index (χ2n) is 4.44. The van der Waals surface area contributed by atoms with Gasteiger partial charge in [-0.25, -0.2) is 0 Å². The van der Waals surface area contributed by atoms with Gasteiger partial charge in [-0.15, -0.1) is 0 Å². The SMILES string of the molecule is CN(C)C(CNC(=O)C(N)CC(=O)O)c1ccco1. The van der Waals surface area contributed by atoms with Crippen molar-refractivity contribution < 1.29 is 19.1 Å². The highest BCUT2D eigenvalue weighted by Crippen LogP contribution is 2.17. The molecule has 0 bridgehead atoms. The molecule has 106 valence electrons. The second-order valence-corrected chi connectivity index (χ2v) is 4.44. The van der Waals surface area contributed by atoms with Crippen LogP contribution in [0.4, 0.5) is 0 Å². The van der Waals surface area contributed by atoms with E-state index in [9.17, 15) is 9.59 Å². The molecule has 0 radical (unpaired) electrons. The molecule has 0 fully saturated rings. The van der Waals surface area contributed by atoms with Gasteiger partial charge in [-0.05, 0) is 26.2 Å². The van der Waals surface area contributed by atoms with E-state index in [2.05, 4.69) is 5.32 Å². The van der Waals surface area contributed by atoms with Crippen molar-refractivity contribution >= 4 is 11.9 Å². The van der Waals surface area contributed by atoms with E-state index in [1.54, 1.807) is 12.3 Å². The van der Waals surface area contributed by atoms with Crippen LogP contribution in [0.15, 0.2) is 22.8 Å². The Kier molecular flexibility index (Phi) is 5.53. The van der Waals surface area contributed by atoms with Crippen molar-refractivity contribution in [3.8, 4) is 0 Å². The third-order valence-electron chi connectivity index (χ3n) is 2.70. The van der Waals surface area contributed by atoms with Gasteiger partial charge in [-0.3, -0.25) is 14.5 Å². The summed E-state index contributed by atoms with van der Waals surface area (Å²) in [5.41, 5.74) is 5.47. The fourth-order valence-electron chi connectivity index (χ4n) is 1.63. The topological polar surface area (TPSA) is 109 Å². The number of nitrogens with two attached hydrogens (primary N) is 1. The number of amides is 1. The molecule has 1 rings (SSSR count). The normalized spacial score (nSPS) is 14.1. The zero-order chi connectivity index (χ0) is 14.4. The maximum Gasteiger partial charge on any atom is 0.305 e. The van der Waals surface area contributed by atoms with Crippen LogP contribution in [0.2, 0.25) is 0 Å². The van der Waals surface area contributed by atoms with E-state index < -0.39 is 17.9 Å². The molecule has 0 saturated carbocycles. The lowest BCUT2D eigenvalue weighted by atomic mass is 10.1. The van der Waals surface area contributed by atoms with Crippen molar-refractivity contribution in [2.24, 2.45) is 5.73 Å². The molecule has 0 spiro atoms. The highest BCUT2D eigenvalue weighted by atomic mass is 16.4. The Hall–Kier alpha value is -1.86. The van der Waals surface area contributed by atoms with Gasteiger partial charge < -0.3 is 20.6 Å². The van der Waals surface area contributed by atoms with Crippen LogP contribution >= 0.6 is 0 Å². The number of carbonyl (C=O) groups is 2. The lowest BCUT2D eigenvalue weighted by Gasteiger charge is -2.23. The first-order valence-corrected chi connectivity index (χ1v) is 5.86. The Labute approximate surface area is 111 Å². The summed E-state index contributed by atoms with van der Waals surface area (Å²) in [6.07, 6.45) is 1.17. The van der Waals surface area contributed by atoms with Crippen molar-refractivity contribution in [1.82, 2.24) is 10.2 Å². The van der Waals surface area contributed by atoms with Crippen molar-refractivity contribution in [3.05, 3.63) is 24.2 Å². The number of nitrogens with one attached hydrogen (secondary N) is 1. The molecule has 4 N–H and O–H groups in total. The van der Waals surface area contributed by atoms with Crippen LogP contribution < -0.4 is 11.1 Å². The standard InChI is InChI=1S/C12H19N3O4/c1-15(2)9(10-4-3-5-19-10)7-14-12(18)8(13)6-11(16)17/h3-5,8-9H,6-7,13H2,1-2H3,(H,14,18)(H,16,17). The lowest BCUT2D eigenvalue weighted by Crippen LogP contribution is -2.44. The molecule has 0 aliphatic heterocycles. The Morgan fingerprint density at radius 1 is 1.53 bits per heavy atom. The van der Waals surface area contributed by atoms with Crippen LogP contribution in [0, 0.1) is 0 Å². The molecule has 0 aliphatic rings. The van der Waals surface area contributed by atoms with E-state index in [-0.39, 0.29) is 12.5 Å². The van der Waals surface area contributed by atoms with E-state index in [4.69, 9.17) is 15.3 Å². The number of carbonyl (C=O) groups excluding carboxylic acids is 1. The Bertz CT molecular complexity index is 417. The van der Waals surface area contributed by atoms with Crippen molar-refractivity contribution in [1.29, 1.82) is 0 Å². The van der Waals surface area contributed by atoms with Gasteiger partial charge in [0.05, 0.1) is 24.8 Å². The van der Waals surface area contributed by atoms with Gasteiger partial charge in [-0.2, -0.15) is 0 Å². The molecule has 1 aromatic heterocycles. The molecule has 1 heterocycles. The first-order valence-electron chi connectivity index (χ1n) is 5.86. The van der Waals surface area contributed by atoms with E-state index >= 15 is 0 Å². The Morgan fingerprint density at radius 3 is 2.68 bits per heavy atom. The summed E-state index contributed by atoms with van der Waals surface area (Å²) in [5.74, 6) is -0.865. The maximum absolute atomic E-state index is 11.6. The molecule has 0 aromatic carbocycles. The minimum absolute atomic E-state index is 0.129. The molecule has 0 saturated heterocycles. The van der Waals surface area contributed by atoms with Gasteiger partial charge in [0.15, 0.2) is 0 Å². The minimum Gasteiger partial charge on any atom is -0.481 e. The fraction of sp³-hybridized carbons (Fsp3) is 0.500. The predicted molar refractivity (Wildman–Crippen MR) is 68.4 cm³/mol. The molecule has 1 amide bonds. The molecule has 2 atom stereocenters. The van der Waals surface area contributed by atoms with Crippen molar-refractivity contribution in [2.75, 3.05) is 20.6 Å². The average molecular weight is 269 g/mol. The van der Waals surface area contributed by atoms with Gasteiger partial charge in [0, 0.05) is 6.54 Å². The lowest BCUT2D eigenvalue weighted by molar-refractivity contribution is -0.139. The van der Waals surface area contributed by atoms with E-state index in [1.807, 2.05) is 25.1 Å². The monoisotopic (exact) mass is 269 g/mol. The zero-order valence-corrected chi connectivity index (χ0v) is 11.0. The molecule has 1 aromatic rings. The van der Waals surface area contributed by atoms with Crippen LogP contribution in [-0.4, -0.2) is 48.6 Å². The van der Waals surface area contributed by atoms with Crippen LogP contribution in [-0.2, 0) is 9.59 Å². The minimum atomic E-state index is -1.10. The fourth-order valence-corrected chi connectivity index (χ4v) is 1.63. The first-order chi connectivity index (χ1) is 8.91. The number of hydrogen-bond donors (Lipinski definition) is 3. The number of aliphatic carboxylic acids is 1. The van der Waals surface area contributed by atoms with Crippen molar-refractivity contribution in [2.45, 2.75) is 18.5 Å². The molecule has 7 heteroatoms. The highest BCUT2D eigenvalue weighted by molar-refractivity contribution is 5.85. The number of likely N-dealkylation sites (N-methyl/N-ethyl adjacent to an activating group) is 1. The number of carboxylic acid groups (broad SMARTS) is 1. The van der Waals surface area contributed by atoms with Gasteiger partial charge in [0.2, 0.25) is 5.91 Å². The second kappa shape index (κ2) is 6.91. The summed E-state index contributed by atoms with van der Waals surface area (Å²) >= 11 is 0. The number of furan rings is 1. The number of nitrogens with zero attached hydrogens (tertiary/aromatic N) is 1. The van der Waals surface area contributed by atoms with Crippen LogP contribution in [0.1, 0.15) is 18.2 Å². The maximum atomic E-state index is 11.6. The molecule has 7 nitrogen and oxygen atoms in total. The Morgan fingerprint density at radius 2 is 2.21 bits per heavy atom. The smallest absolute Gasteiger partial charge is 0.305 e. The van der Waals surface area contributed by atoms with Gasteiger partial charge in [-0.1, -0.05) is 0 Å². The summed E-state index contributed by atoms with van der Waals surface area (Å²) < 4.78 is 5.30. The number of rotatable bonds is 7. The molecule has 2 unspecified atom stereocenters. The average Bonchev–Trinajstić information content (AvgIpc) is 2.81. The van der Waals surface area contributed by atoms with E-state index in [1.165, 1.54) is 0 Å². The highest BCUT2D eigenvalue weighted by Gasteiger charge is 2.21. The number of carboxylic acids is 1. The van der Waals surface area contributed by atoms with Gasteiger partial charge in [0.1, 0.15) is 5.76 Å². The predicted octanol–water partition coefficient (Wildman–Crippen LogP) is -0.199. The molecular formula is C12H19N3O4. The third-order valence-corrected chi connectivity index (χ3v) is 2.70. The summed E-state index contributed by atoms with van der Waals surface area (Å²) in [6.45, 7) is 0.298. The molecule has 0 aliphatic carbocycles. The number of hydrogen-bond acceptors (Lipinski definition) is 5. The van der Waals surface area contributed by atoms with Crippen LogP contribution in [0.25, 0.3) is 0 Å². The van der Waals surface area contributed by atoms with Crippen molar-refractivity contribution in [3.63, 3.8) is 0 Å². The van der Waals surface area contributed by atoms with Crippen LogP contribution in [0.3, 0.4) is 0 Å². The van der Waals surface area contributed by atoms with Crippen LogP contribution in [0.5, 0.6) is 0 Å². The zero-order valence-electron chi connectivity index (χ0n) is 11.0. The summed E-state index contributed by atoms with van der Waals surface area (Å²) in [4.78, 5) is 24.0. The molecule has 19 heavy (non-hydrogen) atoms.